The topological polar surface area (TPSA) is 31.4 Å². The number of hydrogen-bond acceptors (Lipinski definition) is 5. The molecule has 0 saturated carbocycles. The highest BCUT2D eigenvalue weighted by molar-refractivity contribution is 7.13. The molecular weight excluding hydrogens is 256 g/mol. The van der Waals surface area contributed by atoms with Crippen molar-refractivity contribution in [2.75, 3.05) is 38.1 Å². The number of anilines is 1. The maximum atomic E-state index is 4.70. The molecule has 2 heterocycles. The van der Waals surface area contributed by atoms with Crippen LogP contribution in [0, 0.1) is 0 Å². The van der Waals surface area contributed by atoms with Crippen LogP contribution < -0.4 is 10.2 Å². The number of likely N-dealkylation sites (N-methyl/N-ethyl adjacent to an activating group) is 2. The van der Waals surface area contributed by atoms with E-state index >= 15 is 0 Å². The summed E-state index contributed by atoms with van der Waals surface area (Å²) in [6, 6.07) is 0.705. The Morgan fingerprint density at radius 2 is 2.37 bits per heavy atom. The molecule has 1 aliphatic rings. The first-order valence-electron chi connectivity index (χ1n) is 7.34. The lowest BCUT2D eigenvalue weighted by molar-refractivity contribution is 0.270. The second-order valence-corrected chi connectivity index (χ2v) is 6.04. The van der Waals surface area contributed by atoms with Crippen LogP contribution >= 0.6 is 11.3 Å². The summed E-state index contributed by atoms with van der Waals surface area (Å²) in [7, 11) is 2.17. The first kappa shape index (κ1) is 14.8. The van der Waals surface area contributed by atoms with Crippen molar-refractivity contribution in [1.82, 2.24) is 15.2 Å². The Bertz CT molecular complexity index is 379. The Kier molecular flexibility index (Phi) is 5.60. The van der Waals surface area contributed by atoms with Crippen LogP contribution in [0.5, 0.6) is 0 Å². The molecule has 0 bridgehead atoms. The van der Waals surface area contributed by atoms with Gasteiger partial charge in [-0.25, -0.2) is 4.98 Å². The lowest BCUT2D eigenvalue weighted by Crippen LogP contribution is -2.38. The molecule has 1 N–H and O–H groups in total. The van der Waals surface area contributed by atoms with Gasteiger partial charge in [0, 0.05) is 31.6 Å². The summed E-state index contributed by atoms with van der Waals surface area (Å²) < 4.78 is 0. The van der Waals surface area contributed by atoms with Gasteiger partial charge in [-0.05, 0) is 32.5 Å². The maximum Gasteiger partial charge on any atom is 0.185 e. The van der Waals surface area contributed by atoms with Crippen LogP contribution in [-0.4, -0.2) is 49.2 Å². The zero-order valence-electron chi connectivity index (χ0n) is 12.4. The van der Waals surface area contributed by atoms with Gasteiger partial charge in [-0.15, -0.1) is 11.3 Å². The van der Waals surface area contributed by atoms with E-state index in [4.69, 9.17) is 4.98 Å². The summed E-state index contributed by atoms with van der Waals surface area (Å²) in [4.78, 5) is 9.61. The molecule has 4 nitrogen and oxygen atoms in total. The first-order valence-corrected chi connectivity index (χ1v) is 8.22. The largest absolute Gasteiger partial charge is 0.350 e. The number of nitrogens with zero attached hydrogens (tertiary/aromatic N) is 3. The second kappa shape index (κ2) is 7.22. The highest BCUT2D eigenvalue weighted by Gasteiger charge is 2.24. The van der Waals surface area contributed by atoms with Crippen LogP contribution in [0.15, 0.2) is 5.38 Å². The van der Waals surface area contributed by atoms with Gasteiger partial charge in [0.15, 0.2) is 5.13 Å². The van der Waals surface area contributed by atoms with Gasteiger partial charge < -0.3 is 10.2 Å². The van der Waals surface area contributed by atoms with Crippen LogP contribution in [-0.2, 0) is 6.54 Å². The zero-order chi connectivity index (χ0) is 13.7. The van der Waals surface area contributed by atoms with Gasteiger partial charge in [0.05, 0.1) is 5.69 Å². The third-order valence-electron chi connectivity index (χ3n) is 3.81. The molecule has 2 rings (SSSR count). The van der Waals surface area contributed by atoms with Crippen molar-refractivity contribution in [3.63, 3.8) is 0 Å². The standard InChI is InChI=1S/C14H26N4S/c1-4-15-9-12-11-19-14(16-12)17(3)10-13-7-6-8-18(13)5-2/h11,13,15H,4-10H2,1-3H3. The highest BCUT2D eigenvalue weighted by Crippen LogP contribution is 2.23. The molecule has 5 heteroatoms. The molecule has 1 aromatic heterocycles. The fourth-order valence-corrected chi connectivity index (χ4v) is 3.52. The van der Waals surface area contributed by atoms with Gasteiger partial charge >= 0.3 is 0 Å². The predicted molar refractivity (Wildman–Crippen MR) is 83.0 cm³/mol. The van der Waals surface area contributed by atoms with E-state index in [1.807, 2.05) is 0 Å². The third-order valence-corrected chi connectivity index (χ3v) is 4.82. The van der Waals surface area contributed by atoms with Crippen LogP contribution in [0.25, 0.3) is 0 Å². The van der Waals surface area contributed by atoms with E-state index in [0.717, 1.165) is 30.5 Å². The molecule has 0 aliphatic carbocycles. The summed E-state index contributed by atoms with van der Waals surface area (Å²) in [6.45, 7) is 9.79. The van der Waals surface area contributed by atoms with Crippen LogP contribution in [0.3, 0.4) is 0 Å². The number of thiazole rings is 1. The smallest absolute Gasteiger partial charge is 0.185 e. The number of aromatic nitrogens is 1. The van der Waals surface area contributed by atoms with E-state index in [9.17, 15) is 0 Å². The summed E-state index contributed by atoms with van der Waals surface area (Å²) in [5, 5.41) is 6.64. The van der Waals surface area contributed by atoms with Gasteiger partial charge in [-0.2, -0.15) is 0 Å². The lowest BCUT2D eigenvalue weighted by Gasteiger charge is -2.27. The minimum atomic E-state index is 0.705. The average molecular weight is 282 g/mol. The fourth-order valence-electron chi connectivity index (χ4n) is 2.72. The minimum absolute atomic E-state index is 0.705. The van der Waals surface area contributed by atoms with Gasteiger partial charge in [0.25, 0.3) is 0 Å². The van der Waals surface area contributed by atoms with Crippen LogP contribution in [0.1, 0.15) is 32.4 Å². The fraction of sp³-hybridized carbons (Fsp3) is 0.786. The number of rotatable bonds is 7. The van der Waals surface area contributed by atoms with Gasteiger partial charge in [0.2, 0.25) is 0 Å². The Morgan fingerprint density at radius 3 is 3.11 bits per heavy atom. The molecule has 0 amide bonds. The molecule has 108 valence electrons. The summed E-state index contributed by atoms with van der Waals surface area (Å²) >= 11 is 1.76. The van der Waals surface area contributed by atoms with Crippen LogP contribution in [0.2, 0.25) is 0 Å². The van der Waals surface area contributed by atoms with E-state index in [-0.39, 0.29) is 0 Å². The first-order chi connectivity index (χ1) is 9.24. The van der Waals surface area contributed by atoms with E-state index in [1.54, 1.807) is 11.3 Å². The Morgan fingerprint density at radius 1 is 1.53 bits per heavy atom. The summed E-state index contributed by atoms with van der Waals surface area (Å²) in [5.74, 6) is 0. The average Bonchev–Trinajstić information content (AvgIpc) is 3.04. The van der Waals surface area contributed by atoms with E-state index in [2.05, 4.69) is 41.4 Å². The van der Waals surface area contributed by atoms with Crippen molar-refractivity contribution in [1.29, 1.82) is 0 Å². The molecular formula is C14H26N4S. The molecule has 0 radical (unpaired) electrons. The predicted octanol–water partition coefficient (Wildman–Crippen LogP) is 2.17. The summed E-state index contributed by atoms with van der Waals surface area (Å²) in [6.07, 6.45) is 2.67. The number of hydrogen-bond donors (Lipinski definition) is 1. The Labute approximate surface area is 120 Å². The normalized spacial score (nSPS) is 20.1. The van der Waals surface area contributed by atoms with Crippen molar-refractivity contribution in [3.8, 4) is 0 Å². The monoisotopic (exact) mass is 282 g/mol. The molecule has 0 aromatic carbocycles. The third kappa shape index (κ3) is 3.91. The minimum Gasteiger partial charge on any atom is -0.350 e. The van der Waals surface area contributed by atoms with E-state index < -0.39 is 0 Å². The number of likely N-dealkylation sites (tertiary alicyclic amines) is 1. The van der Waals surface area contributed by atoms with Crippen molar-refractivity contribution < 1.29 is 0 Å². The van der Waals surface area contributed by atoms with Crippen molar-refractivity contribution in [3.05, 3.63) is 11.1 Å². The van der Waals surface area contributed by atoms with E-state index in [0.29, 0.717) is 6.04 Å². The second-order valence-electron chi connectivity index (χ2n) is 5.21. The van der Waals surface area contributed by atoms with Crippen LogP contribution in [0.4, 0.5) is 5.13 Å². The molecule has 0 spiro atoms. The lowest BCUT2D eigenvalue weighted by atomic mass is 10.2. The Hall–Kier alpha value is -0.650. The van der Waals surface area contributed by atoms with E-state index in [1.165, 1.54) is 25.9 Å². The molecule has 1 atom stereocenters. The Balaban J connectivity index is 1.88. The highest BCUT2D eigenvalue weighted by atomic mass is 32.1. The van der Waals surface area contributed by atoms with Crippen molar-refractivity contribution in [2.24, 2.45) is 0 Å². The SMILES string of the molecule is CCNCc1csc(N(C)CC2CCCN2CC)n1. The quantitative estimate of drug-likeness (QED) is 0.830. The molecule has 1 aromatic rings. The molecule has 1 fully saturated rings. The molecule has 19 heavy (non-hydrogen) atoms. The number of nitrogens with one attached hydrogen (secondary N) is 1. The van der Waals surface area contributed by atoms with Gasteiger partial charge in [0.1, 0.15) is 0 Å². The van der Waals surface area contributed by atoms with Crippen molar-refractivity contribution >= 4 is 16.5 Å². The van der Waals surface area contributed by atoms with Crippen molar-refractivity contribution in [2.45, 2.75) is 39.3 Å². The summed E-state index contributed by atoms with van der Waals surface area (Å²) in [5.41, 5.74) is 1.16. The zero-order valence-corrected chi connectivity index (χ0v) is 13.2. The van der Waals surface area contributed by atoms with Gasteiger partial charge in [-0.1, -0.05) is 13.8 Å². The molecule has 1 unspecified atom stereocenters. The molecule has 1 saturated heterocycles. The maximum absolute atomic E-state index is 4.70. The molecule has 1 aliphatic heterocycles. The van der Waals surface area contributed by atoms with Gasteiger partial charge in [-0.3, -0.25) is 4.90 Å².